The Labute approximate surface area is 174 Å². The molecule has 30 heavy (non-hydrogen) atoms. The van der Waals surface area contributed by atoms with Crippen LogP contribution in [0.4, 0.5) is 0 Å². The number of fused-ring (bicyclic) bond motifs is 1. The highest BCUT2D eigenvalue weighted by molar-refractivity contribution is 5.60. The monoisotopic (exact) mass is 403 g/mol. The number of nitrogens with zero attached hydrogens (tertiary/aromatic N) is 3. The Hall–Kier alpha value is -3.45. The molecule has 3 heterocycles. The average molecular weight is 403 g/mol. The number of pyridine rings is 1. The molecular weight excluding hydrogens is 378 g/mol. The Kier molecular flexibility index (Phi) is 5.63. The third kappa shape index (κ3) is 4.11. The van der Waals surface area contributed by atoms with Crippen molar-refractivity contribution in [2.75, 3.05) is 7.11 Å². The zero-order valence-corrected chi connectivity index (χ0v) is 17.3. The van der Waals surface area contributed by atoms with Crippen LogP contribution in [0.5, 0.6) is 5.75 Å². The van der Waals surface area contributed by atoms with Gasteiger partial charge in [0.25, 0.3) is 5.56 Å². The minimum Gasteiger partial charge on any atom is -0.497 e. The summed E-state index contributed by atoms with van der Waals surface area (Å²) in [5.41, 5.74) is 3.78. The van der Waals surface area contributed by atoms with Gasteiger partial charge in [0.05, 0.1) is 30.2 Å². The first-order valence-electron chi connectivity index (χ1n) is 9.95. The van der Waals surface area contributed by atoms with Crippen molar-refractivity contribution in [2.45, 2.75) is 26.4 Å². The highest BCUT2D eigenvalue weighted by atomic mass is 16.5. The van der Waals surface area contributed by atoms with Gasteiger partial charge in [0.15, 0.2) is 5.65 Å². The van der Waals surface area contributed by atoms with E-state index < -0.39 is 0 Å². The molecule has 7 nitrogen and oxygen atoms in total. The highest BCUT2D eigenvalue weighted by Crippen LogP contribution is 2.22. The smallest absolute Gasteiger partial charge is 0.272 e. The second kappa shape index (κ2) is 8.51. The van der Waals surface area contributed by atoms with E-state index in [0.29, 0.717) is 12.2 Å². The minimum atomic E-state index is -0.147. The van der Waals surface area contributed by atoms with E-state index in [4.69, 9.17) is 9.72 Å². The molecule has 0 amide bonds. The van der Waals surface area contributed by atoms with E-state index in [1.165, 1.54) is 4.52 Å². The fourth-order valence-corrected chi connectivity index (χ4v) is 3.51. The van der Waals surface area contributed by atoms with Crippen molar-refractivity contribution in [1.29, 1.82) is 0 Å². The average Bonchev–Trinajstić information content (AvgIpc) is 3.19. The first-order chi connectivity index (χ1) is 14.5. The van der Waals surface area contributed by atoms with E-state index in [-0.39, 0.29) is 17.5 Å². The van der Waals surface area contributed by atoms with Crippen molar-refractivity contribution in [3.8, 4) is 17.1 Å². The Morgan fingerprint density at radius 2 is 2.00 bits per heavy atom. The molecule has 0 radical (unpaired) electrons. The topological polar surface area (TPSA) is 84.3 Å². The third-order valence-electron chi connectivity index (χ3n) is 5.06. The highest BCUT2D eigenvalue weighted by Gasteiger charge is 2.19. The van der Waals surface area contributed by atoms with Crippen LogP contribution in [-0.2, 0) is 6.54 Å². The van der Waals surface area contributed by atoms with Gasteiger partial charge in [0.2, 0.25) is 0 Å². The molecule has 0 saturated carbocycles. The van der Waals surface area contributed by atoms with Gasteiger partial charge in [-0.05, 0) is 35.7 Å². The van der Waals surface area contributed by atoms with Gasteiger partial charge in [0, 0.05) is 24.9 Å². The van der Waals surface area contributed by atoms with E-state index in [1.54, 1.807) is 19.4 Å². The lowest BCUT2D eigenvalue weighted by Gasteiger charge is -2.22. The predicted octanol–water partition coefficient (Wildman–Crippen LogP) is 3.58. The zero-order valence-electron chi connectivity index (χ0n) is 17.3. The molecule has 3 aromatic heterocycles. The quantitative estimate of drug-likeness (QED) is 0.493. The standard InChI is InChI=1S/C23H25N5O2/c1-15(2)23(25-14-16-7-6-8-17(11-16)30-3)20-13-22(29)28-21(26-20)12-19(27-28)18-9-4-5-10-24-18/h4-13,15,23,25,27H,14H2,1-3H3/t23-/m1/s1. The van der Waals surface area contributed by atoms with Gasteiger partial charge in [-0.1, -0.05) is 32.0 Å². The number of H-pyrrole nitrogens is 1. The summed E-state index contributed by atoms with van der Waals surface area (Å²) in [7, 11) is 1.66. The van der Waals surface area contributed by atoms with E-state index in [9.17, 15) is 4.79 Å². The summed E-state index contributed by atoms with van der Waals surface area (Å²) in [4.78, 5) is 21.9. The first-order valence-corrected chi connectivity index (χ1v) is 9.95. The van der Waals surface area contributed by atoms with Crippen molar-refractivity contribution in [3.05, 3.63) is 82.4 Å². The number of methoxy groups -OCH3 is 1. The summed E-state index contributed by atoms with van der Waals surface area (Å²) < 4.78 is 6.76. The van der Waals surface area contributed by atoms with Gasteiger partial charge in [-0.2, -0.15) is 0 Å². The molecule has 1 atom stereocenters. The minimum absolute atomic E-state index is 0.0675. The molecule has 0 spiro atoms. The lowest BCUT2D eigenvalue weighted by Crippen LogP contribution is -2.28. The van der Waals surface area contributed by atoms with Crippen LogP contribution in [0.1, 0.15) is 31.1 Å². The number of aromatic nitrogens is 4. The number of aromatic amines is 1. The third-order valence-corrected chi connectivity index (χ3v) is 5.06. The van der Waals surface area contributed by atoms with Gasteiger partial charge in [-0.25, -0.2) is 9.50 Å². The van der Waals surface area contributed by atoms with Crippen LogP contribution in [0.3, 0.4) is 0 Å². The van der Waals surface area contributed by atoms with Gasteiger partial charge in [-0.15, -0.1) is 0 Å². The van der Waals surface area contributed by atoms with Gasteiger partial charge < -0.3 is 10.1 Å². The number of rotatable bonds is 7. The first kappa shape index (κ1) is 19.8. The van der Waals surface area contributed by atoms with E-state index in [1.807, 2.05) is 48.5 Å². The van der Waals surface area contributed by atoms with Crippen LogP contribution >= 0.6 is 0 Å². The molecule has 4 rings (SSSR count). The van der Waals surface area contributed by atoms with E-state index >= 15 is 0 Å². The van der Waals surface area contributed by atoms with Crippen LogP contribution < -0.4 is 15.6 Å². The Balaban J connectivity index is 1.64. The molecule has 0 bridgehead atoms. The number of benzene rings is 1. The van der Waals surface area contributed by atoms with Crippen molar-refractivity contribution < 1.29 is 4.74 Å². The van der Waals surface area contributed by atoms with Crippen LogP contribution in [-0.4, -0.2) is 26.7 Å². The lowest BCUT2D eigenvalue weighted by atomic mass is 10.00. The fraction of sp³-hybridized carbons (Fsp3) is 0.261. The number of hydrogen-bond acceptors (Lipinski definition) is 5. The Morgan fingerprint density at radius 1 is 1.13 bits per heavy atom. The number of hydrogen-bond donors (Lipinski definition) is 2. The zero-order chi connectivity index (χ0) is 21.1. The summed E-state index contributed by atoms with van der Waals surface area (Å²) in [6.45, 7) is 4.87. The lowest BCUT2D eigenvalue weighted by molar-refractivity contribution is 0.398. The van der Waals surface area contributed by atoms with Crippen molar-refractivity contribution in [3.63, 3.8) is 0 Å². The maximum absolute atomic E-state index is 12.8. The van der Waals surface area contributed by atoms with Crippen molar-refractivity contribution in [2.24, 2.45) is 5.92 Å². The van der Waals surface area contributed by atoms with E-state index in [0.717, 1.165) is 28.4 Å². The largest absolute Gasteiger partial charge is 0.497 e. The van der Waals surface area contributed by atoms with Crippen LogP contribution in [0.2, 0.25) is 0 Å². The molecule has 0 fully saturated rings. The van der Waals surface area contributed by atoms with Gasteiger partial charge >= 0.3 is 0 Å². The van der Waals surface area contributed by atoms with Crippen LogP contribution in [0, 0.1) is 5.92 Å². The predicted molar refractivity (Wildman–Crippen MR) is 116 cm³/mol. The summed E-state index contributed by atoms with van der Waals surface area (Å²) in [5, 5.41) is 6.64. The molecule has 154 valence electrons. The van der Waals surface area contributed by atoms with E-state index in [2.05, 4.69) is 29.2 Å². The molecule has 1 aromatic carbocycles. The maximum Gasteiger partial charge on any atom is 0.272 e. The molecular formula is C23H25N5O2. The number of ether oxygens (including phenoxy) is 1. The van der Waals surface area contributed by atoms with Crippen LogP contribution in [0.25, 0.3) is 17.0 Å². The van der Waals surface area contributed by atoms with Crippen molar-refractivity contribution in [1.82, 2.24) is 24.9 Å². The summed E-state index contributed by atoms with van der Waals surface area (Å²) >= 11 is 0. The molecule has 0 aliphatic rings. The second-order valence-electron chi connectivity index (χ2n) is 7.55. The molecule has 2 N–H and O–H groups in total. The SMILES string of the molecule is COc1cccc(CN[C@@H](c2cc(=O)n3[nH]c(-c4ccccn4)cc3n2)C(C)C)c1. The van der Waals surface area contributed by atoms with Gasteiger partial charge in [0.1, 0.15) is 5.75 Å². The maximum atomic E-state index is 12.8. The molecule has 0 saturated heterocycles. The Bertz CT molecular complexity index is 1200. The fourth-order valence-electron chi connectivity index (χ4n) is 3.51. The summed E-state index contributed by atoms with van der Waals surface area (Å²) in [6, 6.07) is 17.0. The Morgan fingerprint density at radius 3 is 2.73 bits per heavy atom. The van der Waals surface area contributed by atoms with Crippen LogP contribution in [0.15, 0.2) is 65.6 Å². The van der Waals surface area contributed by atoms with Gasteiger partial charge in [-0.3, -0.25) is 14.9 Å². The molecule has 7 heteroatoms. The normalized spacial score (nSPS) is 12.4. The summed E-state index contributed by atoms with van der Waals surface area (Å²) in [5.74, 6) is 1.07. The summed E-state index contributed by atoms with van der Waals surface area (Å²) in [6.07, 6.45) is 1.72. The number of nitrogens with one attached hydrogen (secondary N) is 2. The molecule has 4 aromatic rings. The molecule has 0 aliphatic carbocycles. The van der Waals surface area contributed by atoms with Crippen molar-refractivity contribution >= 4 is 5.65 Å². The molecule has 0 aliphatic heterocycles. The molecule has 0 unspecified atom stereocenters. The second-order valence-corrected chi connectivity index (χ2v) is 7.55.